The fraction of sp³-hybridized carbons (Fsp3) is 0.500. The van der Waals surface area contributed by atoms with Crippen LogP contribution in [-0.4, -0.2) is 45.9 Å². The smallest absolute Gasteiger partial charge is 0.243 e. The van der Waals surface area contributed by atoms with Gasteiger partial charge in [0.15, 0.2) is 0 Å². The lowest BCUT2D eigenvalue weighted by Gasteiger charge is -2.17. The number of unbranched alkanes of at least 4 members (excludes halogenated alkanes) is 1. The Morgan fingerprint density at radius 3 is 2.64 bits per heavy atom. The van der Waals surface area contributed by atoms with Crippen LogP contribution in [0.1, 0.15) is 19.8 Å². The maximum absolute atomic E-state index is 12.4. The maximum Gasteiger partial charge on any atom is 0.243 e. The van der Waals surface area contributed by atoms with E-state index in [4.69, 9.17) is 16.3 Å². The third-order valence-electron chi connectivity index (χ3n) is 3.05. The first-order valence-corrected chi connectivity index (χ1v) is 8.71. The number of rotatable bonds is 8. The van der Waals surface area contributed by atoms with Gasteiger partial charge in [-0.15, -0.1) is 0 Å². The Labute approximate surface area is 136 Å². The molecule has 0 aliphatic carbocycles. The van der Waals surface area contributed by atoms with Crippen LogP contribution in [0.15, 0.2) is 23.1 Å². The van der Waals surface area contributed by atoms with Crippen LogP contribution in [0, 0.1) is 0 Å². The fourth-order valence-corrected chi connectivity index (χ4v) is 3.21. The lowest BCUT2D eigenvalue weighted by Crippen LogP contribution is -2.38. The Kier molecular flexibility index (Phi) is 7.12. The molecule has 1 N–H and O–H groups in total. The van der Waals surface area contributed by atoms with Crippen molar-refractivity contribution in [2.75, 3.05) is 27.2 Å². The second kappa shape index (κ2) is 8.36. The van der Waals surface area contributed by atoms with Gasteiger partial charge in [-0.25, -0.2) is 8.42 Å². The van der Waals surface area contributed by atoms with Gasteiger partial charge in [-0.05, 0) is 24.6 Å². The zero-order valence-electron chi connectivity index (χ0n) is 12.9. The number of ether oxygens (including phenoxy) is 1. The Balaban J connectivity index is 2.80. The number of halogens is 1. The lowest BCUT2D eigenvalue weighted by molar-refractivity contribution is -0.121. The van der Waals surface area contributed by atoms with Crippen LogP contribution in [-0.2, 0) is 14.8 Å². The fourth-order valence-electron chi connectivity index (χ4n) is 1.74. The SMILES string of the molecule is CCCCNC(=O)CN(C)S(=O)(=O)c1ccc(OC)c(Cl)c1. The minimum atomic E-state index is -3.78. The van der Waals surface area contributed by atoms with Crippen LogP contribution in [0.4, 0.5) is 0 Å². The lowest BCUT2D eigenvalue weighted by atomic mass is 10.3. The average Bonchev–Trinajstić information content (AvgIpc) is 2.47. The van der Waals surface area contributed by atoms with E-state index in [0.29, 0.717) is 12.3 Å². The monoisotopic (exact) mass is 348 g/mol. The number of nitrogens with one attached hydrogen (secondary N) is 1. The molecule has 0 radical (unpaired) electrons. The molecule has 0 aliphatic heterocycles. The molecular formula is C14H21ClN2O4S. The van der Waals surface area contributed by atoms with Gasteiger partial charge in [0.2, 0.25) is 15.9 Å². The number of benzene rings is 1. The third kappa shape index (κ3) is 4.86. The molecule has 1 amide bonds. The van der Waals surface area contributed by atoms with E-state index in [1.54, 1.807) is 0 Å². The van der Waals surface area contributed by atoms with Crippen molar-refractivity contribution in [1.82, 2.24) is 9.62 Å². The molecule has 124 valence electrons. The molecule has 1 rings (SSSR count). The van der Waals surface area contributed by atoms with Gasteiger partial charge >= 0.3 is 0 Å². The number of carbonyl (C=O) groups is 1. The highest BCUT2D eigenvalue weighted by molar-refractivity contribution is 7.89. The molecule has 0 fully saturated rings. The van der Waals surface area contributed by atoms with Gasteiger partial charge in [-0.3, -0.25) is 4.79 Å². The molecule has 0 saturated carbocycles. The topological polar surface area (TPSA) is 75.7 Å². The number of sulfonamides is 1. The van der Waals surface area contributed by atoms with Gasteiger partial charge in [0.1, 0.15) is 5.75 Å². The molecule has 0 aliphatic rings. The van der Waals surface area contributed by atoms with Crippen LogP contribution in [0.25, 0.3) is 0 Å². The van der Waals surface area contributed by atoms with E-state index < -0.39 is 10.0 Å². The molecule has 6 nitrogen and oxygen atoms in total. The molecule has 0 spiro atoms. The molecule has 8 heteroatoms. The summed E-state index contributed by atoms with van der Waals surface area (Å²) >= 11 is 5.94. The van der Waals surface area contributed by atoms with Gasteiger partial charge < -0.3 is 10.1 Å². The van der Waals surface area contributed by atoms with Crippen molar-refractivity contribution >= 4 is 27.5 Å². The molecule has 0 heterocycles. The Morgan fingerprint density at radius 1 is 1.41 bits per heavy atom. The standard InChI is InChI=1S/C14H21ClN2O4S/c1-4-5-8-16-14(18)10-17(2)22(19,20)11-6-7-13(21-3)12(15)9-11/h6-7,9H,4-5,8,10H2,1-3H3,(H,16,18). The molecule has 0 atom stereocenters. The van der Waals surface area contributed by atoms with Crippen LogP contribution in [0.5, 0.6) is 5.75 Å². The summed E-state index contributed by atoms with van der Waals surface area (Å²) in [4.78, 5) is 11.7. The number of hydrogen-bond acceptors (Lipinski definition) is 4. The van der Waals surface area contributed by atoms with Crippen molar-refractivity contribution in [3.05, 3.63) is 23.2 Å². The van der Waals surface area contributed by atoms with Gasteiger partial charge in [0.05, 0.1) is 23.6 Å². The summed E-state index contributed by atoms with van der Waals surface area (Å²) in [7, 11) is -0.979. The van der Waals surface area contributed by atoms with E-state index >= 15 is 0 Å². The second-order valence-corrected chi connectivity index (χ2v) is 7.21. The summed E-state index contributed by atoms with van der Waals surface area (Å²) in [6, 6.07) is 4.18. The maximum atomic E-state index is 12.4. The van der Waals surface area contributed by atoms with Crippen molar-refractivity contribution in [3.8, 4) is 5.75 Å². The number of amides is 1. The van der Waals surface area contributed by atoms with E-state index in [9.17, 15) is 13.2 Å². The van der Waals surface area contributed by atoms with Crippen molar-refractivity contribution < 1.29 is 17.9 Å². The van der Waals surface area contributed by atoms with Gasteiger partial charge in [0.25, 0.3) is 0 Å². The summed E-state index contributed by atoms with van der Waals surface area (Å²) in [6.07, 6.45) is 1.81. The van der Waals surface area contributed by atoms with Crippen molar-refractivity contribution in [2.24, 2.45) is 0 Å². The van der Waals surface area contributed by atoms with Crippen LogP contribution >= 0.6 is 11.6 Å². The molecule has 1 aromatic rings. The predicted octanol–water partition coefficient (Wildman–Crippen LogP) is 1.89. The Hall–Kier alpha value is -1.31. The first kappa shape index (κ1) is 18.7. The third-order valence-corrected chi connectivity index (χ3v) is 5.14. The molecule has 0 unspecified atom stereocenters. The first-order valence-electron chi connectivity index (χ1n) is 6.89. The van der Waals surface area contributed by atoms with Gasteiger partial charge in [0, 0.05) is 13.6 Å². The van der Waals surface area contributed by atoms with E-state index in [2.05, 4.69) is 5.32 Å². The normalized spacial score (nSPS) is 11.5. The Bertz CT molecular complexity index is 619. The van der Waals surface area contributed by atoms with Crippen molar-refractivity contribution in [2.45, 2.75) is 24.7 Å². The Morgan fingerprint density at radius 2 is 2.09 bits per heavy atom. The molecule has 0 aromatic heterocycles. The first-order chi connectivity index (χ1) is 10.3. The molecular weight excluding hydrogens is 328 g/mol. The molecule has 1 aromatic carbocycles. The van der Waals surface area contributed by atoms with E-state index in [1.165, 1.54) is 32.4 Å². The van der Waals surface area contributed by atoms with Crippen molar-refractivity contribution in [1.29, 1.82) is 0 Å². The number of carbonyl (C=O) groups excluding carboxylic acids is 1. The number of likely N-dealkylation sites (N-methyl/N-ethyl adjacent to an activating group) is 1. The highest BCUT2D eigenvalue weighted by Gasteiger charge is 2.23. The number of nitrogens with zero attached hydrogens (tertiary/aromatic N) is 1. The summed E-state index contributed by atoms with van der Waals surface area (Å²) in [5, 5.41) is 2.88. The van der Waals surface area contributed by atoms with Gasteiger partial charge in [-0.2, -0.15) is 4.31 Å². The average molecular weight is 349 g/mol. The van der Waals surface area contributed by atoms with Gasteiger partial charge in [-0.1, -0.05) is 24.9 Å². The van der Waals surface area contributed by atoms with Crippen molar-refractivity contribution in [3.63, 3.8) is 0 Å². The van der Waals surface area contributed by atoms with E-state index in [-0.39, 0.29) is 22.4 Å². The largest absolute Gasteiger partial charge is 0.495 e. The highest BCUT2D eigenvalue weighted by atomic mass is 35.5. The molecule has 22 heavy (non-hydrogen) atoms. The summed E-state index contributed by atoms with van der Waals surface area (Å²) in [6.45, 7) is 2.31. The quantitative estimate of drug-likeness (QED) is 0.728. The zero-order valence-corrected chi connectivity index (χ0v) is 14.5. The minimum absolute atomic E-state index is 0.0159. The summed E-state index contributed by atoms with van der Waals surface area (Å²) in [5.74, 6) is 0.0553. The van der Waals surface area contributed by atoms with Crippen LogP contribution in [0.2, 0.25) is 5.02 Å². The van der Waals surface area contributed by atoms with Crippen LogP contribution in [0.3, 0.4) is 0 Å². The highest BCUT2D eigenvalue weighted by Crippen LogP contribution is 2.27. The summed E-state index contributed by atoms with van der Waals surface area (Å²) < 4.78 is 30.8. The zero-order chi connectivity index (χ0) is 16.8. The molecule has 0 bridgehead atoms. The summed E-state index contributed by atoms with van der Waals surface area (Å²) in [5.41, 5.74) is 0. The number of hydrogen-bond donors (Lipinski definition) is 1. The minimum Gasteiger partial charge on any atom is -0.495 e. The van der Waals surface area contributed by atoms with Crippen LogP contribution < -0.4 is 10.1 Å². The number of methoxy groups -OCH3 is 1. The van der Waals surface area contributed by atoms with E-state index in [0.717, 1.165) is 17.1 Å². The second-order valence-electron chi connectivity index (χ2n) is 4.76. The predicted molar refractivity (Wildman–Crippen MR) is 85.7 cm³/mol. The van der Waals surface area contributed by atoms with E-state index in [1.807, 2.05) is 6.92 Å². The molecule has 0 saturated heterocycles.